The maximum Gasteiger partial charge on any atom is 0.234 e. The molecule has 7 heteroatoms. The van der Waals surface area contributed by atoms with Crippen LogP contribution in [-0.4, -0.2) is 43.7 Å². The standard InChI is InChI=1S/C21H25Cl2N3O2/c22-18-8-9-20(19(23)15-18)28-14-4-7-21(27)24-26-12-10-25(11-13-26)16-17-5-2-1-3-6-17/h1-3,5-6,8-9,15H,4,7,10-14,16H2,(H,24,27)/p+1. The number of hydrogen-bond acceptors (Lipinski definition) is 3. The van der Waals surface area contributed by atoms with Crippen LogP contribution in [-0.2, 0) is 11.3 Å². The van der Waals surface area contributed by atoms with E-state index in [0.29, 0.717) is 35.2 Å². The second kappa shape index (κ2) is 10.7. The van der Waals surface area contributed by atoms with E-state index >= 15 is 0 Å². The zero-order valence-electron chi connectivity index (χ0n) is 15.8. The van der Waals surface area contributed by atoms with Gasteiger partial charge in [-0.05, 0) is 24.6 Å². The summed E-state index contributed by atoms with van der Waals surface area (Å²) in [6.45, 7) is 5.24. The zero-order valence-corrected chi connectivity index (χ0v) is 17.3. The van der Waals surface area contributed by atoms with Crippen LogP contribution >= 0.6 is 23.2 Å². The molecule has 2 N–H and O–H groups in total. The molecule has 0 atom stereocenters. The highest BCUT2D eigenvalue weighted by molar-refractivity contribution is 6.35. The lowest BCUT2D eigenvalue weighted by molar-refractivity contribution is -0.918. The molecule has 1 aliphatic heterocycles. The minimum Gasteiger partial charge on any atom is -0.492 e. The Labute approximate surface area is 176 Å². The number of rotatable bonds is 8. The molecular weight excluding hydrogens is 397 g/mol. The average molecular weight is 423 g/mol. The summed E-state index contributed by atoms with van der Waals surface area (Å²) in [5.74, 6) is 0.612. The number of hydrazine groups is 1. The Kier molecular flexibility index (Phi) is 7.98. The number of hydrogen-bond donors (Lipinski definition) is 2. The predicted molar refractivity (Wildman–Crippen MR) is 112 cm³/mol. The molecule has 1 saturated heterocycles. The Bertz CT molecular complexity index is 766. The monoisotopic (exact) mass is 422 g/mol. The fourth-order valence-corrected chi connectivity index (χ4v) is 3.70. The van der Waals surface area contributed by atoms with Crippen LogP contribution in [0.3, 0.4) is 0 Å². The molecule has 0 aromatic heterocycles. The van der Waals surface area contributed by atoms with Crippen molar-refractivity contribution >= 4 is 29.1 Å². The zero-order chi connectivity index (χ0) is 19.8. The molecule has 2 aromatic carbocycles. The van der Waals surface area contributed by atoms with Gasteiger partial charge in [-0.2, -0.15) is 0 Å². The first-order valence-electron chi connectivity index (χ1n) is 9.60. The minimum absolute atomic E-state index is 0.0253. The number of carbonyl (C=O) groups excluding carboxylic acids is 1. The molecule has 0 saturated carbocycles. The molecule has 1 fully saturated rings. The van der Waals surface area contributed by atoms with E-state index in [4.69, 9.17) is 27.9 Å². The summed E-state index contributed by atoms with van der Waals surface area (Å²) in [5.41, 5.74) is 4.36. The lowest BCUT2D eigenvalue weighted by Crippen LogP contribution is -3.13. The minimum atomic E-state index is 0.0253. The highest BCUT2D eigenvalue weighted by atomic mass is 35.5. The van der Waals surface area contributed by atoms with Crippen LogP contribution in [0.1, 0.15) is 18.4 Å². The third-order valence-corrected chi connectivity index (χ3v) is 5.28. The maximum absolute atomic E-state index is 12.1. The molecule has 150 valence electrons. The van der Waals surface area contributed by atoms with E-state index in [1.54, 1.807) is 23.1 Å². The van der Waals surface area contributed by atoms with E-state index in [0.717, 1.165) is 32.7 Å². The van der Waals surface area contributed by atoms with Crippen molar-refractivity contribution in [2.45, 2.75) is 19.4 Å². The maximum atomic E-state index is 12.1. The average Bonchev–Trinajstić information content (AvgIpc) is 2.69. The van der Waals surface area contributed by atoms with Crippen molar-refractivity contribution in [3.63, 3.8) is 0 Å². The van der Waals surface area contributed by atoms with E-state index in [1.165, 1.54) is 5.56 Å². The van der Waals surface area contributed by atoms with Crippen LogP contribution in [0.5, 0.6) is 5.75 Å². The van der Waals surface area contributed by atoms with Gasteiger partial charge in [0.05, 0.1) is 37.8 Å². The molecule has 1 aliphatic rings. The smallest absolute Gasteiger partial charge is 0.234 e. The molecule has 1 heterocycles. The lowest BCUT2D eigenvalue weighted by atomic mass is 10.2. The Morgan fingerprint density at radius 1 is 1.11 bits per heavy atom. The van der Waals surface area contributed by atoms with Gasteiger partial charge in [0.25, 0.3) is 0 Å². The summed E-state index contributed by atoms with van der Waals surface area (Å²) in [6.07, 6.45) is 1.05. The van der Waals surface area contributed by atoms with Gasteiger partial charge < -0.3 is 9.64 Å². The first kappa shape index (κ1) is 20.9. The van der Waals surface area contributed by atoms with Crippen molar-refractivity contribution in [1.29, 1.82) is 0 Å². The molecule has 0 unspecified atom stereocenters. The van der Waals surface area contributed by atoms with Crippen LogP contribution in [0.25, 0.3) is 0 Å². The van der Waals surface area contributed by atoms with Gasteiger partial charge in [-0.15, -0.1) is 0 Å². The summed E-state index contributed by atoms with van der Waals surface area (Å²) in [7, 11) is 0. The molecule has 1 amide bonds. The number of quaternary nitrogens is 1. The van der Waals surface area contributed by atoms with Gasteiger partial charge in [-0.25, -0.2) is 5.01 Å². The molecule has 0 spiro atoms. The van der Waals surface area contributed by atoms with Crippen LogP contribution in [0, 0.1) is 0 Å². The highest BCUT2D eigenvalue weighted by Crippen LogP contribution is 2.27. The Balaban J connectivity index is 1.30. The second-order valence-corrected chi connectivity index (χ2v) is 7.80. The number of nitrogens with one attached hydrogen (secondary N) is 2. The number of benzene rings is 2. The third-order valence-electron chi connectivity index (χ3n) is 4.75. The summed E-state index contributed by atoms with van der Waals surface area (Å²) >= 11 is 11.9. The number of amides is 1. The van der Waals surface area contributed by atoms with Gasteiger partial charge in [-0.1, -0.05) is 53.5 Å². The predicted octanol–water partition coefficient (Wildman–Crippen LogP) is 2.58. The van der Waals surface area contributed by atoms with Crippen molar-refractivity contribution in [1.82, 2.24) is 10.4 Å². The molecule has 5 nitrogen and oxygen atoms in total. The third kappa shape index (κ3) is 6.67. The van der Waals surface area contributed by atoms with Gasteiger partial charge in [0.15, 0.2) is 0 Å². The van der Waals surface area contributed by atoms with Crippen molar-refractivity contribution in [3.8, 4) is 5.75 Å². The van der Waals surface area contributed by atoms with Crippen molar-refractivity contribution in [3.05, 3.63) is 64.1 Å². The van der Waals surface area contributed by atoms with E-state index in [1.807, 2.05) is 11.1 Å². The number of halogens is 2. The van der Waals surface area contributed by atoms with Gasteiger partial charge in [0.1, 0.15) is 12.3 Å². The topological polar surface area (TPSA) is 46.0 Å². The number of carbonyl (C=O) groups is 1. The second-order valence-electron chi connectivity index (χ2n) is 6.96. The SMILES string of the molecule is O=C(CCCOc1ccc(Cl)cc1Cl)NN1CC[NH+](Cc2ccccc2)CC1. The van der Waals surface area contributed by atoms with Crippen molar-refractivity contribution < 1.29 is 14.4 Å². The van der Waals surface area contributed by atoms with Gasteiger partial charge in [0.2, 0.25) is 5.91 Å². The molecule has 0 aliphatic carbocycles. The number of nitrogens with zero attached hydrogens (tertiary/aromatic N) is 1. The van der Waals surface area contributed by atoms with Crippen LogP contribution in [0.4, 0.5) is 0 Å². The summed E-state index contributed by atoms with van der Waals surface area (Å²) in [5, 5.41) is 3.07. The number of piperazine rings is 1. The van der Waals surface area contributed by atoms with E-state index in [2.05, 4.69) is 29.7 Å². The van der Waals surface area contributed by atoms with Crippen molar-refractivity contribution in [2.24, 2.45) is 0 Å². The summed E-state index contributed by atoms with van der Waals surface area (Å²) in [4.78, 5) is 13.7. The summed E-state index contributed by atoms with van der Waals surface area (Å²) in [6, 6.07) is 15.6. The normalized spacial score (nSPS) is 15.4. The fraction of sp³-hybridized carbons (Fsp3) is 0.381. The van der Waals surface area contributed by atoms with Gasteiger partial charge >= 0.3 is 0 Å². The largest absolute Gasteiger partial charge is 0.492 e. The molecular formula is C21H26Cl2N3O2+. The van der Waals surface area contributed by atoms with Crippen LogP contribution < -0.4 is 15.1 Å². The van der Waals surface area contributed by atoms with E-state index in [9.17, 15) is 4.79 Å². The molecule has 2 aromatic rings. The Hall–Kier alpha value is -1.79. The van der Waals surface area contributed by atoms with E-state index < -0.39 is 0 Å². The number of ether oxygens (including phenoxy) is 1. The Morgan fingerprint density at radius 3 is 2.57 bits per heavy atom. The van der Waals surface area contributed by atoms with Crippen LogP contribution in [0.2, 0.25) is 10.0 Å². The quantitative estimate of drug-likeness (QED) is 0.642. The Morgan fingerprint density at radius 2 is 1.86 bits per heavy atom. The molecule has 3 rings (SSSR count). The summed E-state index contributed by atoms with van der Waals surface area (Å²) < 4.78 is 5.62. The lowest BCUT2D eigenvalue weighted by Gasteiger charge is -2.32. The molecule has 28 heavy (non-hydrogen) atoms. The first-order chi connectivity index (χ1) is 13.6. The van der Waals surface area contributed by atoms with E-state index in [-0.39, 0.29) is 5.91 Å². The van der Waals surface area contributed by atoms with Crippen molar-refractivity contribution in [2.75, 3.05) is 32.8 Å². The molecule has 0 radical (unpaired) electrons. The van der Waals surface area contributed by atoms with Gasteiger partial charge in [-0.3, -0.25) is 10.2 Å². The first-order valence-corrected chi connectivity index (χ1v) is 10.4. The highest BCUT2D eigenvalue weighted by Gasteiger charge is 2.21. The van der Waals surface area contributed by atoms with Gasteiger partial charge in [0, 0.05) is 17.0 Å². The fourth-order valence-electron chi connectivity index (χ4n) is 3.24. The van der Waals surface area contributed by atoms with Crippen LogP contribution in [0.15, 0.2) is 48.5 Å². The molecule has 0 bridgehead atoms.